The number of halogens is 2. The van der Waals surface area contributed by atoms with Crippen LogP contribution in [0.25, 0.3) is 0 Å². The van der Waals surface area contributed by atoms with E-state index in [1.54, 1.807) is 6.92 Å². The summed E-state index contributed by atoms with van der Waals surface area (Å²) in [6, 6.07) is 0. The standard InChI is InChI=1S/C5H3Cl2NO2S.CH3NO/c1-2-3(8(9)10)5(7)11-4(2)6;2-1-3/h1H3;1H,(H2,2,3). The van der Waals surface area contributed by atoms with Crippen LogP contribution >= 0.6 is 34.5 Å². The summed E-state index contributed by atoms with van der Waals surface area (Å²) >= 11 is 12.2. The predicted octanol–water partition coefficient (Wildman–Crippen LogP) is 2.37. The van der Waals surface area contributed by atoms with E-state index in [1.165, 1.54) is 0 Å². The largest absolute Gasteiger partial charge is 0.372 e. The lowest BCUT2D eigenvalue weighted by Gasteiger charge is -1.87. The van der Waals surface area contributed by atoms with Gasteiger partial charge in [0.15, 0.2) is 4.34 Å². The van der Waals surface area contributed by atoms with Crippen LogP contribution in [0.5, 0.6) is 0 Å². The van der Waals surface area contributed by atoms with Crippen LogP contribution in [0, 0.1) is 17.0 Å². The molecule has 0 aliphatic heterocycles. The normalized spacial score (nSPS) is 8.79. The molecular weight excluding hydrogens is 251 g/mol. The second-order valence-corrected chi connectivity index (χ2v) is 4.24. The van der Waals surface area contributed by atoms with Crippen molar-refractivity contribution in [3.05, 3.63) is 24.4 Å². The number of carbonyl (C=O) groups excluding carboxylic acids is 1. The van der Waals surface area contributed by atoms with Gasteiger partial charge in [0, 0.05) is 0 Å². The minimum atomic E-state index is -0.528. The average molecular weight is 257 g/mol. The Kier molecular flexibility index (Phi) is 5.44. The number of thiophene rings is 1. The number of rotatable bonds is 1. The van der Waals surface area contributed by atoms with Gasteiger partial charge in [-0.2, -0.15) is 0 Å². The fourth-order valence-corrected chi connectivity index (χ4v) is 2.27. The minimum Gasteiger partial charge on any atom is -0.372 e. The number of nitrogens with zero attached hydrogens (tertiary/aromatic N) is 1. The van der Waals surface area contributed by atoms with Crippen molar-refractivity contribution >= 4 is 46.6 Å². The first kappa shape index (κ1) is 13.2. The maximum atomic E-state index is 10.3. The maximum Gasteiger partial charge on any atom is 0.303 e. The van der Waals surface area contributed by atoms with Crippen molar-refractivity contribution in [1.29, 1.82) is 0 Å². The molecule has 8 heteroatoms. The molecule has 0 aliphatic rings. The highest BCUT2D eigenvalue weighted by Gasteiger charge is 2.21. The number of nitro groups is 1. The zero-order chi connectivity index (χ0) is 11.3. The molecule has 2 N–H and O–H groups in total. The molecule has 0 saturated carbocycles. The topological polar surface area (TPSA) is 86.2 Å². The smallest absolute Gasteiger partial charge is 0.303 e. The average Bonchev–Trinajstić information content (AvgIpc) is 2.27. The van der Waals surface area contributed by atoms with Crippen LogP contribution in [-0.4, -0.2) is 11.3 Å². The summed E-state index contributed by atoms with van der Waals surface area (Å²) in [6.07, 6.45) is 0.250. The molecule has 1 aromatic rings. The van der Waals surface area contributed by atoms with Gasteiger partial charge in [-0.3, -0.25) is 14.9 Å². The highest BCUT2D eigenvalue weighted by molar-refractivity contribution is 7.20. The Hall–Kier alpha value is -0.850. The molecule has 0 fully saturated rings. The lowest BCUT2D eigenvalue weighted by atomic mass is 10.3. The van der Waals surface area contributed by atoms with Crippen molar-refractivity contribution in [2.75, 3.05) is 0 Å². The number of hydrogen-bond donors (Lipinski definition) is 1. The minimum absolute atomic E-state index is 0.0818. The highest BCUT2D eigenvalue weighted by atomic mass is 35.5. The maximum absolute atomic E-state index is 10.3. The van der Waals surface area contributed by atoms with Gasteiger partial charge in [-0.05, 0) is 6.92 Å². The third-order valence-electron chi connectivity index (χ3n) is 1.20. The molecular formula is C6H6Cl2N2O3S. The summed E-state index contributed by atoms with van der Waals surface area (Å²) in [5.41, 5.74) is 4.52. The lowest BCUT2D eigenvalue weighted by Crippen LogP contribution is -1.87. The second kappa shape index (κ2) is 5.79. The number of primary amides is 1. The molecule has 1 amide bonds. The number of hydrogen-bond acceptors (Lipinski definition) is 4. The van der Waals surface area contributed by atoms with Gasteiger partial charge in [0.05, 0.1) is 10.5 Å². The van der Waals surface area contributed by atoms with Crippen molar-refractivity contribution in [3.8, 4) is 0 Å². The van der Waals surface area contributed by atoms with Crippen LogP contribution in [0.1, 0.15) is 5.56 Å². The summed E-state index contributed by atoms with van der Waals surface area (Å²) in [6.45, 7) is 1.57. The summed E-state index contributed by atoms with van der Waals surface area (Å²) < 4.78 is 0.513. The van der Waals surface area contributed by atoms with E-state index in [9.17, 15) is 10.1 Å². The number of carbonyl (C=O) groups is 1. The third kappa shape index (κ3) is 3.13. The molecule has 14 heavy (non-hydrogen) atoms. The molecule has 78 valence electrons. The fraction of sp³-hybridized carbons (Fsp3) is 0.167. The van der Waals surface area contributed by atoms with Gasteiger partial charge in [-0.25, -0.2) is 0 Å². The predicted molar refractivity (Wildman–Crippen MR) is 56.0 cm³/mol. The van der Waals surface area contributed by atoms with E-state index in [0.29, 0.717) is 9.90 Å². The zero-order valence-corrected chi connectivity index (χ0v) is 9.32. The van der Waals surface area contributed by atoms with E-state index in [-0.39, 0.29) is 16.4 Å². The second-order valence-electron chi connectivity index (χ2n) is 2.02. The van der Waals surface area contributed by atoms with E-state index in [2.05, 4.69) is 5.73 Å². The van der Waals surface area contributed by atoms with Crippen molar-refractivity contribution in [3.63, 3.8) is 0 Å². The van der Waals surface area contributed by atoms with E-state index in [1.807, 2.05) is 0 Å². The third-order valence-corrected chi connectivity index (χ3v) is 2.98. The molecule has 0 unspecified atom stereocenters. The van der Waals surface area contributed by atoms with Crippen molar-refractivity contribution < 1.29 is 9.72 Å². The van der Waals surface area contributed by atoms with Crippen LogP contribution in [-0.2, 0) is 4.79 Å². The molecule has 1 heterocycles. The Labute approximate surface area is 93.6 Å². The quantitative estimate of drug-likeness (QED) is 0.476. The molecule has 1 aromatic heterocycles. The SMILES string of the molecule is Cc1c(Cl)sc(Cl)c1[N+](=O)[O-].NC=O. The van der Waals surface area contributed by atoms with Gasteiger partial charge in [0.2, 0.25) is 6.41 Å². The summed E-state index contributed by atoms with van der Waals surface area (Å²) in [5.74, 6) is 0. The highest BCUT2D eigenvalue weighted by Crippen LogP contribution is 2.41. The van der Waals surface area contributed by atoms with Gasteiger partial charge >= 0.3 is 5.69 Å². The summed E-state index contributed by atoms with van der Waals surface area (Å²) in [4.78, 5) is 18.4. The monoisotopic (exact) mass is 256 g/mol. The first-order chi connectivity index (χ1) is 6.45. The molecule has 0 aromatic carbocycles. The molecule has 0 saturated heterocycles. The molecule has 1 rings (SSSR count). The van der Waals surface area contributed by atoms with Gasteiger partial charge in [0.25, 0.3) is 0 Å². The fourth-order valence-electron chi connectivity index (χ4n) is 0.653. The van der Waals surface area contributed by atoms with Crippen LogP contribution in [0.3, 0.4) is 0 Å². The van der Waals surface area contributed by atoms with Gasteiger partial charge in [-0.1, -0.05) is 23.2 Å². The molecule has 0 spiro atoms. The number of amides is 1. The molecule has 0 aliphatic carbocycles. The van der Waals surface area contributed by atoms with Crippen molar-refractivity contribution in [2.45, 2.75) is 6.92 Å². The van der Waals surface area contributed by atoms with E-state index in [0.717, 1.165) is 11.3 Å². The Bertz CT molecular complexity index is 353. The van der Waals surface area contributed by atoms with E-state index >= 15 is 0 Å². The van der Waals surface area contributed by atoms with Gasteiger partial charge < -0.3 is 5.73 Å². The van der Waals surface area contributed by atoms with E-state index in [4.69, 9.17) is 28.0 Å². The van der Waals surface area contributed by atoms with Crippen LogP contribution in [0.15, 0.2) is 0 Å². The summed E-state index contributed by atoms with van der Waals surface area (Å²) in [5, 5.41) is 10.3. The van der Waals surface area contributed by atoms with Crippen LogP contribution < -0.4 is 5.73 Å². The Morgan fingerprint density at radius 1 is 1.50 bits per heavy atom. The Morgan fingerprint density at radius 3 is 2.07 bits per heavy atom. The van der Waals surface area contributed by atoms with Crippen molar-refractivity contribution in [2.24, 2.45) is 5.73 Å². The van der Waals surface area contributed by atoms with E-state index < -0.39 is 4.92 Å². The molecule has 0 atom stereocenters. The van der Waals surface area contributed by atoms with Crippen LogP contribution in [0.2, 0.25) is 8.67 Å². The molecule has 5 nitrogen and oxygen atoms in total. The first-order valence-electron chi connectivity index (χ1n) is 3.19. The first-order valence-corrected chi connectivity index (χ1v) is 4.77. The Morgan fingerprint density at radius 2 is 1.93 bits per heavy atom. The zero-order valence-electron chi connectivity index (χ0n) is 6.99. The van der Waals surface area contributed by atoms with Gasteiger partial charge in [0.1, 0.15) is 4.34 Å². The van der Waals surface area contributed by atoms with Gasteiger partial charge in [-0.15, -0.1) is 11.3 Å². The Balaban J connectivity index is 0.000000500. The van der Waals surface area contributed by atoms with Crippen LogP contribution in [0.4, 0.5) is 5.69 Å². The summed E-state index contributed by atoms with van der Waals surface area (Å²) in [7, 11) is 0. The molecule has 0 radical (unpaired) electrons. The number of nitrogens with two attached hydrogens (primary N) is 1. The molecule has 0 bridgehead atoms. The lowest BCUT2D eigenvalue weighted by molar-refractivity contribution is -0.384. The van der Waals surface area contributed by atoms with Crippen molar-refractivity contribution in [1.82, 2.24) is 0 Å².